The normalized spacial score (nSPS) is 18.6. The van der Waals surface area contributed by atoms with Crippen LogP contribution in [0.2, 0.25) is 0 Å². The summed E-state index contributed by atoms with van der Waals surface area (Å²) in [6.07, 6.45) is 2.35. The molecule has 1 aromatic heterocycles. The molecule has 0 spiro atoms. The van der Waals surface area contributed by atoms with Crippen LogP contribution in [0.4, 0.5) is 0 Å². The molecule has 0 aliphatic carbocycles. The van der Waals surface area contributed by atoms with E-state index in [2.05, 4.69) is 6.07 Å². The fraction of sp³-hybridized carbons (Fsp3) is 0.357. The number of thioether (sulfide) groups is 1. The molecule has 0 bridgehead atoms. The molecule has 7 heteroatoms. The van der Waals surface area contributed by atoms with Crippen LogP contribution in [0.25, 0.3) is 0 Å². The van der Waals surface area contributed by atoms with Gasteiger partial charge >= 0.3 is 0 Å². The highest BCUT2D eigenvalue weighted by Crippen LogP contribution is 2.38. The molecule has 2 atom stereocenters. The van der Waals surface area contributed by atoms with Crippen molar-refractivity contribution in [2.75, 3.05) is 31.1 Å². The van der Waals surface area contributed by atoms with Crippen LogP contribution in [0.3, 0.4) is 0 Å². The largest absolute Gasteiger partial charge is 0.481 e. The Balaban J connectivity index is 1.46. The smallest absolute Gasteiger partial charge is 0.290 e. The molecule has 2 aliphatic heterocycles. The standard InChI is InChI=1S/C28H30N2O4S/c1-2-24(27(31)29-14-17-35-18-15-29)34-22-11-10-20-12-13-30(28(32)25-9-6-16-33-25)26(23(20)19-22)21-7-4-3-5-8-21/h3-11,16,19,24,26H,2,12-15,17-18H2,1H3. The lowest BCUT2D eigenvalue weighted by atomic mass is 9.87. The van der Waals surface area contributed by atoms with Gasteiger partial charge in [-0.2, -0.15) is 11.8 Å². The molecule has 0 radical (unpaired) electrons. The van der Waals surface area contributed by atoms with Crippen molar-refractivity contribution in [3.63, 3.8) is 0 Å². The summed E-state index contributed by atoms with van der Waals surface area (Å²) >= 11 is 1.88. The van der Waals surface area contributed by atoms with Crippen LogP contribution in [0.5, 0.6) is 5.75 Å². The molecule has 1 fully saturated rings. The van der Waals surface area contributed by atoms with E-state index in [4.69, 9.17) is 9.15 Å². The van der Waals surface area contributed by atoms with E-state index in [1.165, 1.54) is 11.8 Å². The minimum atomic E-state index is -0.518. The monoisotopic (exact) mass is 490 g/mol. The van der Waals surface area contributed by atoms with Crippen molar-refractivity contribution >= 4 is 23.6 Å². The fourth-order valence-electron chi connectivity index (χ4n) is 4.88. The first-order valence-corrected chi connectivity index (χ1v) is 13.4. The summed E-state index contributed by atoms with van der Waals surface area (Å²) in [6, 6.07) is 19.2. The number of nitrogens with zero attached hydrogens (tertiary/aromatic N) is 2. The lowest BCUT2D eigenvalue weighted by molar-refractivity contribution is -0.138. The first-order valence-electron chi connectivity index (χ1n) is 12.2. The molecular weight excluding hydrogens is 460 g/mol. The molecule has 2 aliphatic rings. The van der Waals surface area contributed by atoms with Gasteiger partial charge in [0.15, 0.2) is 11.9 Å². The Labute approximate surface area is 210 Å². The van der Waals surface area contributed by atoms with E-state index in [9.17, 15) is 9.59 Å². The van der Waals surface area contributed by atoms with Crippen molar-refractivity contribution in [1.29, 1.82) is 0 Å². The zero-order chi connectivity index (χ0) is 24.2. The van der Waals surface area contributed by atoms with Crippen molar-refractivity contribution in [3.8, 4) is 5.75 Å². The lowest BCUT2D eigenvalue weighted by Crippen LogP contribution is -2.45. The number of carbonyl (C=O) groups is 2. The van der Waals surface area contributed by atoms with E-state index in [0.29, 0.717) is 24.5 Å². The van der Waals surface area contributed by atoms with Crippen molar-refractivity contribution in [2.45, 2.75) is 31.9 Å². The van der Waals surface area contributed by atoms with Crippen molar-refractivity contribution in [2.24, 2.45) is 0 Å². The van der Waals surface area contributed by atoms with Crippen molar-refractivity contribution < 1.29 is 18.7 Å². The molecule has 2 unspecified atom stereocenters. The molecule has 1 saturated heterocycles. The van der Waals surface area contributed by atoms with Gasteiger partial charge in [-0.1, -0.05) is 43.3 Å². The van der Waals surface area contributed by atoms with E-state index in [1.807, 2.05) is 71.0 Å². The molecule has 2 aromatic carbocycles. The van der Waals surface area contributed by atoms with Crippen molar-refractivity contribution in [1.82, 2.24) is 9.80 Å². The van der Waals surface area contributed by atoms with E-state index >= 15 is 0 Å². The number of hydrogen-bond donors (Lipinski definition) is 0. The van der Waals surface area contributed by atoms with Crippen LogP contribution < -0.4 is 4.74 Å². The average Bonchev–Trinajstić information content (AvgIpc) is 3.46. The molecule has 182 valence electrons. The Hall–Kier alpha value is -3.19. The number of ether oxygens (including phenoxy) is 1. The average molecular weight is 491 g/mol. The maximum absolute atomic E-state index is 13.4. The second kappa shape index (κ2) is 10.6. The Bertz CT molecular complexity index is 1160. The minimum Gasteiger partial charge on any atom is -0.481 e. The van der Waals surface area contributed by atoms with Crippen LogP contribution in [-0.2, 0) is 11.2 Å². The van der Waals surface area contributed by atoms with Gasteiger partial charge < -0.3 is 19.0 Å². The summed E-state index contributed by atoms with van der Waals surface area (Å²) in [5.74, 6) is 2.85. The van der Waals surface area contributed by atoms with Crippen molar-refractivity contribution in [3.05, 3.63) is 89.4 Å². The number of furan rings is 1. The Morgan fingerprint density at radius 3 is 2.57 bits per heavy atom. The molecule has 0 saturated carbocycles. The van der Waals surface area contributed by atoms with E-state index in [1.54, 1.807) is 12.1 Å². The minimum absolute atomic E-state index is 0.0553. The number of carbonyl (C=O) groups excluding carboxylic acids is 2. The number of amides is 2. The van der Waals surface area contributed by atoms with Crippen LogP contribution >= 0.6 is 11.8 Å². The zero-order valence-corrected chi connectivity index (χ0v) is 20.7. The van der Waals surface area contributed by atoms with Gasteiger partial charge in [-0.05, 0) is 53.8 Å². The molecule has 35 heavy (non-hydrogen) atoms. The number of rotatable bonds is 6. The molecule has 3 heterocycles. The number of fused-ring (bicyclic) bond motifs is 1. The summed E-state index contributed by atoms with van der Waals surface area (Å²) in [4.78, 5) is 30.3. The molecular formula is C28H30N2O4S. The molecule has 5 rings (SSSR count). The Kier molecular flexibility index (Phi) is 7.13. The fourth-order valence-corrected chi connectivity index (χ4v) is 5.78. The quantitative estimate of drug-likeness (QED) is 0.497. The van der Waals surface area contributed by atoms with Gasteiger partial charge in [-0.25, -0.2) is 0 Å². The highest BCUT2D eigenvalue weighted by Gasteiger charge is 2.34. The van der Waals surface area contributed by atoms with Gasteiger partial charge in [0.25, 0.3) is 11.8 Å². The van der Waals surface area contributed by atoms with Gasteiger partial charge in [-0.15, -0.1) is 0 Å². The Morgan fingerprint density at radius 2 is 1.86 bits per heavy atom. The molecule has 2 amide bonds. The Morgan fingerprint density at radius 1 is 1.06 bits per heavy atom. The topological polar surface area (TPSA) is 63.0 Å². The first kappa shape index (κ1) is 23.5. The predicted octanol–water partition coefficient (Wildman–Crippen LogP) is 4.80. The summed E-state index contributed by atoms with van der Waals surface area (Å²) in [6.45, 7) is 4.12. The highest BCUT2D eigenvalue weighted by molar-refractivity contribution is 7.99. The summed E-state index contributed by atoms with van der Waals surface area (Å²) < 4.78 is 11.7. The number of hydrogen-bond acceptors (Lipinski definition) is 5. The van der Waals surface area contributed by atoms with Gasteiger partial charge in [0.1, 0.15) is 5.75 Å². The van der Waals surface area contributed by atoms with Gasteiger partial charge in [0.2, 0.25) is 0 Å². The molecule has 0 N–H and O–H groups in total. The maximum Gasteiger partial charge on any atom is 0.290 e. The predicted molar refractivity (Wildman–Crippen MR) is 137 cm³/mol. The van der Waals surface area contributed by atoms with Gasteiger partial charge in [0.05, 0.1) is 12.3 Å². The maximum atomic E-state index is 13.4. The van der Waals surface area contributed by atoms with Gasteiger partial charge in [0, 0.05) is 31.1 Å². The molecule has 6 nitrogen and oxygen atoms in total. The zero-order valence-electron chi connectivity index (χ0n) is 19.9. The highest BCUT2D eigenvalue weighted by atomic mass is 32.2. The van der Waals surface area contributed by atoms with E-state index < -0.39 is 6.10 Å². The summed E-state index contributed by atoms with van der Waals surface area (Å²) in [5.41, 5.74) is 3.23. The van der Waals surface area contributed by atoms with Crippen LogP contribution in [-0.4, -0.2) is 58.9 Å². The molecule has 3 aromatic rings. The lowest BCUT2D eigenvalue weighted by Gasteiger charge is -2.37. The van der Waals surface area contributed by atoms with Gasteiger partial charge in [-0.3, -0.25) is 9.59 Å². The first-order chi connectivity index (χ1) is 17.2. The van der Waals surface area contributed by atoms with E-state index in [0.717, 1.165) is 42.1 Å². The second-order valence-electron chi connectivity index (χ2n) is 8.85. The second-order valence-corrected chi connectivity index (χ2v) is 10.1. The van der Waals surface area contributed by atoms with Crippen LogP contribution in [0.1, 0.15) is 46.6 Å². The third-order valence-corrected chi connectivity index (χ3v) is 7.64. The number of benzene rings is 2. The van der Waals surface area contributed by atoms with Crippen LogP contribution in [0, 0.1) is 0 Å². The summed E-state index contributed by atoms with van der Waals surface area (Å²) in [5, 5.41) is 0. The summed E-state index contributed by atoms with van der Waals surface area (Å²) in [7, 11) is 0. The third kappa shape index (κ3) is 4.96. The van der Waals surface area contributed by atoms with E-state index in [-0.39, 0.29) is 17.9 Å². The third-order valence-electron chi connectivity index (χ3n) is 6.70. The SMILES string of the molecule is CCC(Oc1ccc2c(c1)C(c1ccccc1)N(C(=O)c1ccco1)CC2)C(=O)N1CCSCC1. The van der Waals surface area contributed by atoms with Crippen LogP contribution in [0.15, 0.2) is 71.3 Å².